The number of benzene rings is 1. The smallest absolute Gasteiger partial charge is 0.407 e. The predicted octanol–water partition coefficient (Wildman–Crippen LogP) is 6.40. The van der Waals surface area contributed by atoms with E-state index in [4.69, 9.17) is 27.9 Å². The van der Waals surface area contributed by atoms with Gasteiger partial charge in [0.25, 0.3) is 0 Å². The number of hydrogen-bond donors (Lipinski definition) is 3. The molecule has 0 radical (unpaired) electrons. The molecule has 10 heteroatoms. The van der Waals surface area contributed by atoms with Crippen LogP contribution in [0.15, 0.2) is 24.4 Å². The number of rotatable bonds is 7. The van der Waals surface area contributed by atoms with E-state index >= 15 is 0 Å². The van der Waals surface area contributed by atoms with Crippen LogP contribution in [0.5, 0.6) is 0 Å². The van der Waals surface area contributed by atoms with Gasteiger partial charge >= 0.3 is 6.09 Å². The Morgan fingerprint density at radius 2 is 1.84 bits per heavy atom. The Hall–Kier alpha value is -2.76. The van der Waals surface area contributed by atoms with E-state index in [0.717, 1.165) is 31.2 Å². The van der Waals surface area contributed by atoms with Crippen LogP contribution in [-0.4, -0.2) is 34.2 Å². The Bertz CT molecular complexity index is 1130. The number of anilines is 2. The molecule has 37 heavy (non-hydrogen) atoms. The van der Waals surface area contributed by atoms with Gasteiger partial charge in [-0.2, -0.15) is 10.2 Å². The van der Waals surface area contributed by atoms with Crippen LogP contribution in [-0.2, 0) is 11.3 Å². The maximum atomic E-state index is 12.4. The first kappa shape index (κ1) is 27.3. The Labute approximate surface area is 228 Å². The van der Waals surface area contributed by atoms with Crippen molar-refractivity contribution in [1.82, 2.24) is 15.3 Å². The van der Waals surface area contributed by atoms with Crippen LogP contribution in [0, 0.1) is 29.1 Å². The summed E-state index contributed by atoms with van der Waals surface area (Å²) in [5, 5.41) is 20.4. The predicted molar refractivity (Wildman–Crippen MR) is 146 cm³/mol. The zero-order valence-electron chi connectivity index (χ0n) is 21.5. The van der Waals surface area contributed by atoms with E-state index in [1.807, 2.05) is 20.8 Å². The van der Waals surface area contributed by atoms with Crippen molar-refractivity contribution in [2.45, 2.75) is 71.1 Å². The first-order chi connectivity index (χ1) is 17.6. The fourth-order valence-corrected chi connectivity index (χ4v) is 6.04. The van der Waals surface area contributed by atoms with E-state index in [1.54, 1.807) is 18.2 Å². The number of halogens is 2. The lowest BCUT2D eigenvalue weighted by Gasteiger charge is -2.46. The topological polar surface area (TPSA) is 112 Å². The van der Waals surface area contributed by atoms with Crippen LogP contribution < -0.4 is 16.0 Å². The van der Waals surface area contributed by atoms with Gasteiger partial charge < -0.3 is 20.7 Å². The Morgan fingerprint density at radius 1 is 1.16 bits per heavy atom. The van der Waals surface area contributed by atoms with Crippen LogP contribution >= 0.6 is 23.2 Å². The number of nitrogens with one attached hydrogen (secondary N) is 3. The van der Waals surface area contributed by atoms with Gasteiger partial charge in [-0.3, -0.25) is 0 Å². The van der Waals surface area contributed by atoms with Gasteiger partial charge in [0.05, 0.1) is 6.20 Å². The molecule has 3 N–H and O–H groups in total. The molecule has 0 saturated heterocycles. The molecule has 2 aromatic rings. The second-order valence-corrected chi connectivity index (χ2v) is 11.8. The van der Waals surface area contributed by atoms with E-state index < -0.39 is 5.60 Å². The zero-order chi connectivity index (χ0) is 26.6. The fraction of sp³-hybridized carbons (Fsp3) is 0.556. The quantitative estimate of drug-likeness (QED) is 0.369. The molecule has 1 aromatic heterocycles. The number of nitriles is 1. The van der Waals surface area contributed by atoms with Crippen molar-refractivity contribution in [3.63, 3.8) is 0 Å². The number of ether oxygens (including phenoxy) is 1. The minimum Gasteiger partial charge on any atom is -0.444 e. The van der Waals surface area contributed by atoms with Crippen LogP contribution in [0.25, 0.3) is 0 Å². The molecular formula is C27H34Cl2N6O2. The first-order valence-electron chi connectivity index (χ1n) is 12.8. The van der Waals surface area contributed by atoms with E-state index in [9.17, 15) is 10.1 Å². The highest BCUT2D eigenvalue weighted by Gasteiger charge is 2.41. The third-order valence-corrected chi connectivity index (χ3v) is 7.78. The number of fused-ring (bicyclic) bond motifs is 2. The largest absolute Gasteiger partial charge is 0.444 e. The van der Waals surface area contributed by atoms with E-state index in [-0.39, 0.29) is 12.1 Å². The van der Waals surface area contributed by atoms with Crippen LogP contribution in [0.2, 0.25) is 10.0 Å². The van der Waals surface area contributed by atoms with Crippen molar-refractivity contribution in [3.05, 3.63) is 45.6 Å². The maximum absolute atomic E-state index is 12.4. The zero-order valence-corrected chi connectivity index (χ0v) is 23.0. The summed E-state index contributed by atoms with van der Waals surface area (Å²) in [7, 11) is 0. The number of amides is 1. The number of carbonyl (C=O) groups is 1. The van der Waals surface area contributed by atoms with Crippen molar-refractivity contribution < 1.29 is 9.53 Å². The number of hydrogen-bond acceptors (Lipinski definition) is 7. The van der Waals surface area contributed by atoms with Gasteiger partial charge in [-0.15, -0.1) is 0 Å². The average Bonchev–Trinajstić information content (AvgIpc) is 2.81. The fourth-order valence-electron chi connectivity index (χ4n) is 5.51. The number of aromatic nitrogens is 2. The van der Waals surface area contributed by atoms with Crippen molar-refractivity contribution in [3.8, 4) is 6.07 Å². The summed E-state index contributed by atoms with van der Waals surface area (Å²) in [5.41, 5.74) is 0.641. The molecule has 2 saturated carbocycles. The molecule has 2 aliphatic rings. The summed E-state index contributed by atoms with van der Waals surface area (Å²) in [4.78, 5) is 21.2. The summed E-state index contributed by atoms with van der Waals surface area (Å²) >= 11 is 12.5. The standard InChI is InChI=1S/C27H34Cl2N6O2/c1-27(2,3)37-26(36)34-23-17-6-4-7-18(23)11-16(10-17)13-31-24-19(12-30)14-32-25(35-24)33-15-20-21(28)8-5-9-22(20)29/h5,8-9,14,16-18,23H,4,6-7,10-11,13,15H2,1-3H3,(H,34,36)(H2,31,32,33,35)/t16?,17-,18+,23?. The van der Waals surface area contributed by atoms with Gasteiger partial charge in [-0.25, -0.2) is 9.78 Å². The summed E-state index contributed by atoms with van der Waals surface area (Å²) in [5.74, 6) is 2.16. The van der Waals surface area contributed by atoms with Crippen molar-refractivity contribution in [1.29, 1.82) is 5.26 Å². The molecule has 1 aromatic carbocycles. The molecule has 4 atom stereocenters. The van der Waals surface area contributed by atoms with Gasteiger partial charge in [-0.05, 0) is 76.3 Å². The van der Waals surface area contributed by atoms with E-state index in [0.29, 0.717) is 58.2 Å². The van der Waals surface area contributed by atoms with E-state index in [1.165, 1.54) is 12.6 Å². The molecule has 1 heterocycles. The minimum atomic E-state index is -0.510. The molecule has 2 fully saturated rings. The molecule has 2 bridgehead atoms. The SMILES string of the molecule is CC(C)(C)OC(=O)NC1[C@@H]2CCC[C@H]1CC(CNc1nc(NCc3c(Cl)cccc3Cl)ncc1C#N)C2. The summed E-state index contributed by atoms with van der Waals surface area (Å²) in [6, 6.07) is 7.68. The first-order valence-corrected chi connectivity index (χ1v) is 13.6. The Morgan fingerprint density at radius 3 is 2.46 bits per heavy atom. The van der Waals surface area contributed by atoms with Crippen LogP contribution in [0.3, 0.4) is 0 Å². The number of alkyl carbamates (subject to hydrolysis) is 1. The van der Waals surface area contributed by atoms with Gasteiger partial charge in [0.1, 0.15) is 23.1 Å². The third-order valence-electron chi connectivity index (χ3n) is 7.07. The van der Waals surface area contributed by atoms with Gasteiger partial charge in [0, 0.05) is 34.7 Å². The van der Waals surface area contributed by atoms with Gasteiger partial charge in [0.2, 0.25) is 5.95 Å². The molecule has 1 amide bonds. The molecule has 2 unspecified atom stereocenters. The van der Waals surface area contributed by atoms with Gasteiger partial charge in [0.15, 0.2) is 0 Å². The highest BCUT2D eigenvalue weighted by molar-refractivity contribution is 6.36. The van der Waals surface area contributed by atoms with Crippen LogP contribution in [0.1, 0.15) is 64.0 Å². The molecule has 8 nitrogen and oxygen atoms in total. The average molecular weight is 546 g/mol. The maximum Gasteiger partial charge on any atom is 0.407 e. The molecular weight excluding hydrogens is 511 g/mol. The van der Waals surface area contributed by atoms with E-state index in [2.05, 4.69) is 32.0 Å². The van der Waals surface area contributed by atoms with Crippen molar-refractivity contribution in [2.75, 3.05) is 17.2 Å². The molecule has 0 spiro atoms. The summed E-state index contributed by atoms with van der Waals surface area (Å²) in [6.45, 7) is 6.71. The third kappa shape index (κ3) is 7.18. The monoisotopic (exact) mass is 544 g/mol. The number of nitrogens with zero attached hydrogens (tertiary/aromatic N) is 3. The normalized spacial score (nSPS) is 23.0. The minimum absolute atomic E-state index is 0.154. The van der Waals surface area contributed by atoms with Crippen molar-refractivity contribution >= 4 is 41.1 Å². The highest BCUT2D eigenvalue weighted by atomic mass is 35.5. The lowest BCUT2D eigenvalue weighted by atomic mass is 9.64. The summed E-state index contributed by atoms with van der Waals surface area (Å²) in [6.07, 6.45) is 6.59. The Balaban J connectivity index is 1.37. The molecule has 0 aliphatic heterocycles. The van der Waals surface area contributed by atoms with Gasteiger partial charge in [-0.1, -0.05) is 35.7 Å². The Kier molecular flexibility index (Phi) is 8.66. The summed E-state index contributed by atoms with van der Waals surface area (Å²) < 4.78 is 5.51. The second-order valence-electron chi connectivity index (χ2n) is 11.0. The lowest BCUT2D eigenvalue weighted by Crippen LogP contribution is -2.52. The molecule has 4 rings (SSSR count). The molecule has 198 valence electrons. The molecule has 2 aliphatic carbocycles. The van der Waals surface area contributed by atoms with Crippen LogP contribution in [0.4, 0.5) is 16.6 Å². The lowest BCUT2D eigenvalue weighted by molar-refractivity contribution is 0.0324. The van der Waals surface area contributed by atoms with Crippen molar-refractivity contribution in [2.24, 2.45) is 17.8 Å². The second kappa shape index (κ2) is 11.7. The number of carbonyl (C=O) groups excluding carboxylic acids is 1. The highest BCUT2D eigenvalue weighted by Crippen LogP contribution is 2.43.